The molecule has 5 fully saturated rings. The highest BCUT2D eigenvalue weighted by Gasteiger charge is 2.72. The molecule has 0 amide bonds. The fraction of sp³-hybridized carbons (Fsp3) is 0.875. The zero-order chi connectivity index (χ0) is 37.3. The normalized spacial score (nSPS) is 40.8. The first-order valence-corrected chi connectivity index (χ1v) is 21.0. The summed E-state index contributed by atoms with van der Waals surface area (Å²) in [4.78, 5) is 38.0. The fourth-order valence-corrected chi connectivity index (χ4v) is 14.9. The molecule has 10 heteroatoms. The standard InChI is InChI=1S/C40H65O9P/c1-11-47-50(46,48-12-2)24-25(3)26-15-20-40(34(44)45)22-21-38(9)27(32(26)40)13-14-29-37(8)18-17-30(49-31(41)23-35(4,5)33(42)43)36(6,7)28(37)16-19-39(29,38)10/h26-30,32H,3,11-24H2,1-2,4-10H3,(H,42,43)(H,44,45)/t26?,27?,28?,29?,30?,32?,37-,38+,39+,40?/m0/s1. The van der Waals surface area contributed by atoms with Crippen molar-refractivity contribution in [2.75, 3.05) is 19.4 Å². The predicted octanol–water partition coefficient (Wildman–Crippen LogP) is 9.39. The molecule has 5 aliphatic rings. The Kier molecular flexibility index (Phi) is 10.5. The van der Waals surface area contributed by atoms with Crippen molar-refractivity contribution in [1.82, 2.24) is 0 Å². The third kappa shape index (κ3) is 6.05. The number of carbonyl (C=O) groups is 3. The van der Waals surface area contributed by atoms with Gasteiger partial charge in [-0.05, 0) is 138 Å². The van der Waals surface area contributed by atoms with Crippen LogP contribution in [0.4, 0.5) is 0 Å². The van der Waals surface area contributed by atoms with Crippen molar-refractivity contribution in [3.8, 4) is 0 Å². The molecule has 0 bridgehead atoms. The monoisotopic (exact) mass is 720 g/mol. The van der Waals surface area contributed by atoms with Crippen molar-refractivity contribution in [3.63, 3.8) is 0 Å². The lowest BCUT2D eigenvalue weighted by atomic mass is 9.32. The Bertz CT molecular complexity index is 1410. The van der Waals surface area contributed by atoms with Gasteiger partial charge in [-0.1, -0.05) is 46.8 Å². The van der Waals surface area contributed by atoms with E-state index >= 15 is 0 Å². The van der Waals surface area contributed by atoms with E-state index in [1.165, 1.54) is 0 Å². The van der Waals surface area contributed by atoms with Gasteiger partial charge in [0.15, 0.2) is 0 Å². The topological polar surface area (TPSA) is 136 Å². The van der Waals surface area contributed by atoms with Crippen molar-refractivity contribution in [2.45, 2.75) is 139 Å². The van der Waals surface area contributed by atoms with Gasteiger partial charge in [-0.15, -0.1) is 0 Å². The molecule has 7 unspecified atom stereocenters. The number of carboxylic acids is 2. The first-order valence-electron chi connectivity index (χ1n) is 19.3. The van der Waals surface area contributed by atoms with Crippen LogP contribution in [0.5, 0.6) is 0 Å². The molecule has 9 nitrogen and oxygen atoms in total. The lowest BCUT2D eigenvalue weighted by molar-refractivity contribution is -0.250. The summed E-state index contributed by atoms with van der Waals surface area (Å²) >= 11 is 0. The number of ether oxygens (including phenoxy) is 1. The summed E-state index contributed by atoms with van der Waals surface area (Å²) in [5.41, 5.74) is -1.49. The molecule has 0 spiro atoms. The summed E-state index contributed by atoms with van der Waals surface area (Å²) < 4.78 is 31.1. The number of esters is 1. The molecule has 5 saturated carbocycles. The van der Waals surface area contributed by atoms with Crippen molar-refractivity contribution < 1.29 is 42.9 Å². The lowest BCUT2D eigenvalue weighted by Gasteiger charge is -2.72. The number of hydrogen-bond acceptors (Lipinski definition) is 7. The molecule has 5 rings (SSSR count). The largest absolute Gasteiger partial charge is 0.481 e. The SMILES string of the molecule is C=C(CP(=O)(OCC)OCC)C1CCC2(C(=O)O)CC[C@]3(C)C(CCC4[C@@]5(C)CCC(OC(=O)CC(C)(C)C(=O)O)C(C)(C)C5CC[C@]43C)C12. The number of rotatable bonds is 12. The highest BCUT2D eigenvalue weighted by molar-refractivity contribution is 7.54. The van der Waals surface area contributed by atoms with Crippen LogP contribution in [0.1, 0.15) is 133 Å². The summed E-state index contributed by atoms with van der Waals surface area (Å²) in [6.45, 7) is 23.7. The Morgan fingerprint density at radius 1 is 0.820 bits per heavy atom. The first-order chi connectivity index (χ1) is 23.1. The van der Waals surface area contributed by atoms with E-state index in [1.54, 1.807) is 13.8 Å². The summed E-state index contributed by atoms with van der Waals surface area (Å²) in [5.74, 6) is -1.29. The minimum absolute atomic E-state index is 0.00264. The van der Waals surface area contributed by atoms with E-state index < -0.39 is 36.3 Å². The molecule has 0 aromatic heterocycles. The van der Waals surface area contributed by atoms with Crippen LogP contribution in [-0.2, 0) is 32.7 Å². The van der Waals surface area contributed by atoms with Gasteiger partial charge in [-0.2, -0.15) is 0 Å². The van der Waals surface area contributed by atoms with Crippen LogP contribution in [0.25, 0.3) is 0 Å². The fourth-order valence-electron chi connectivity index (χ4n) is 13.1. The van der Waals surface area contributed by atoms with Crippen LogP contribution in [0.15, 0.2) is 12.2 Å². The highest BCUT2D eigenvalue weighted by atomic mass is 31.2. The molecule has 0 aromatic carbocycles. The zero-order valence-corrected chi connectivity index (χ0v) is 33.2. The van der Waals surface area contributed by atoms with Crippen molar-refractivity contribution >= 4 is 25.5 Å². The second-order valence-corrected chi connectivity index (χ2v) is 20.8. The van der Waals surface area contributed by atoms with Gasteiger partial charge in [0, 0.05) is 5.41 Å². The van der Waals surface area contributed by atoms with Gasteiger partial charge in [0.1, 0.15) is 6.10 Å². The summed E-state index contributed by atoms with van der Waals surface area (Å²) in [7, 11) is -3.38. The number of allylic oxidation sites excluding steroid dienone is 1. The number of carbonyl (C=O) groups excluding carboxylic acids is 1. The third-order valence-electron chi connectivity index (χ3n) is 15.8. The van der Waals surface area contributed by atoms with Crippen LogP contribution in [0.3, 0.4) is 0 Å². The van der Waals surface area contributed by atoms with Crippen LogP contribution >= 0.6 is 7.60 Å². The maximum atomic E-state index is 13.7. The zero-order valence-electron chi connectivity index (χ0n) is 32.3. The van der Waals surface area contributed by atoms with E-state index in [2.05, 4.69) is 41.2 Å². The van der Waals surface area contributed by atoms with Gasteiger partial charge in [-0.3, -0.25) is 18.9 Å². The highest BCUT2D eigenvalue weighted by Crippen LogP contribution is 2.78. The second kappa shape index (κ2) is 13.3. The van der Waals surface area contributed by atoms with Gasteiger partial charge in [0.25, 0.3) is 0 Å². The quantitative estimate of drug-likeness (QED) is 0.115. The number of fused-ring (bicyclic) bond motifs is 7. The molecular weight excluding hydrogens is 655 g/mol. The Morgan fingerprint density at radius 2 is 1.46 bits per heavy atom. The molecule has 0 aliphatic heterocycles. The van der Waals surface area contributed by atoms with Crippen molar-refractivity contribution in [3.05, 3.63) is 12.2 Å². The van der Waals surface area contributed by atoms with Gasteiger partial charge in [0.2, 0.25) is 0 Å². The number of aliphatic carboxylic acids is 2. The predicted molar refractivity (Wildman–Crippen MR) is 193 cm³/mol. The molecule has 50 heavy (non-hydrogen) atoms. The van der Waals surface area contributed by atoms with E-state index in [0.717, 1.165) is 56.9 Å². The van der Waals surface area contributed by atoms with Gasteiger partial charge >= 0.3 is 25.5 Å². The second-order valence-electron chi connectivity index (χ2n) is 18.8. The number of hydrogen-bond donors (Lipinski definition) is 2. The minimum atomic E-state index is -3.38. The van der Waals surface area contributed by atoms with E-state index in [0.29, 0.717) is 24.7 Å². The molecule has 284 valence electrons. The Hall–Kier alpha value is -1.70. The van der Waals surface area contributed by atoms with Crippen LogP contribution in [0, 0.1) is 62.1 Å². The van der Waals surface area contributed by atoms with Crippen LogP contribution in [-0.4, -0.2) is 53.6 Å². The molecule has 0 radical (unpaired) electrons. The van der Waals surface area contributed by atoms with Gasteiger partial charge < -0.3 is 24.0 Å². The van der Waals surface area contributed by atoms with E-state index in [-0.39, 0.29) is 71.3 Å². The molecular formula is C40H65O9P. The van der Waals surface area contributed by atoms with E-state index in [1.807, 2.05) is 13.8 Å². The maximum absolute atomic E-state index is 13.7. The van der Waals surface area contributed by atoms with Crippen LogP contribution in [0.2, 0.25) is 0 Å². The Labute approximate surface area is 300 Å². The molecule has 0 aromatic rings. The molecule has 5 aliphatic carbocycles. The summed E-state index contributed by atoms with van der Waals surface area (Å²) in [5, 5.41) is 20.5. The Balaban J connectivity index is 1.42. The van der Waals surface area contributed by atoms with E-state index in [4.69, 9.17) is 13.8 Å². The van der Waals surface area contributed by atoms with Gasteiger partial charge in [0.05, 0.1) is 36.6 Å². The Morgan fingerprint density at radius 3 is 2.04 bits per heavy atom. The minimum Gasteiger partial charge on any atom is -0.481 e. The average molecular weight is 721 g/mol. The molecule has 10 atom stereocenters. The van der Waals surface area contributed by atoms with Gasteiger partial charge in [-0.25, -0.2) is 0 Å². The smallest absolute Gasteiger partial charge is 0.334 e. The molecule has 0 heterocycles. The molecule has 0 saturated heterocycles. The summed E-state index contributed by atoms with van der Waals surface area (Å²) in [6, 6.07) is 0. The average Bonchev–Trinajstić information content (AvgIpc) is 3.40. The molecule has 2 N–H and O–H groups in total. The first kappa shape index (κ1) is 39.5. The van der Waals surface area contributed by atoms with Crippen LogP contribution < -0.4 is 0 Å². The third-order valence-corrected chi connectivity index (χ3v) is 17.9. The maximum Gasteiger partial charge on any atom is 0.334 e. The summed E-state index contributed by atoms with van der Waals surface area (Å²) in [6.07, 6.45) is 8.30. The number of carboxylic acid groups (broad SMARTS) is 2. The van der Waals surface area contributed by atoms with Crippen molar-refractivity contribution in [2.24, 2.45) is 62.1 Å². The van der Waals surface area contributed by atoms with Crippen molar-refractivity contribution in [1.29, 1.82) is 0 Å². The van der Waals surface area contributed by atoms with E-state index in [9.17, 15) is 29.2 Å². The lowest BCUT2D eigenvalue weighted by Crippen LogP contribution is -2.67.